The Morgan fingerprint density at radius 2 is 1.72 bits per heavy atom. The van der Waals surface area contributed by atoms with Crippen LogP contribution in [-0.2, 0) is 4.79 Å². The summed E-state index contributed by atoms with van der Waals surface area (Å²) in [5, 5.41) is 6.40. The van der Waals surface area contributed by atoms with Crippen molar-refractivity contribution < 1.29 is 9.53 Å². The number of ether oxygens (including phenoxy) is 1. The molecule has 0 bridgehead atoms. The number of carbonyl (C=O) groups excluding carboxylic acids is 1. The van der Waals surface area contributed by atoms with Crippen LogP contribution in [0.5, 0.6) is 5.75 Å². The monoisotopic (exact) mass is 340 g/mol. The van der Waals surface area contributed by atoms with Gasteiger partial charge >= 0.3 is 0 Å². The summed E-state index contributed by atoms with van der Waals surface area (Å²) >= 11 is 0. The molecule has 2 aromatic rings. The molecule has 0 aromatic heterocycles. The van der Waals surface area contributed by atoms with Gasteiger partial charge in [-0.15, -0.1) is 0 Å². The van der Waals surface area contributed by atoms with E-state index in [0.717, 1.165) is 31.4 Å². The number of hydrogen-bond acceptors (Lipinski definition) is 3. The Hall–Kier alpha value is -2.33. The number of hydrogen-bond donors (Lipinski definition) is 2. The van der Waals surface area contributed by atoms with Crippen molar-refractivity contribution in [3.63, 3.8) is 0 Å². The highest BCUT2D eigenvalue weighted by Crippen LogP contribution is 2.25. The van der Waals surface area contributed by atoms with E-state index in [1.165, 1.54) is 0 Å². The van der Waals surface area contributed by atoms with E-state index in [9.17, 15) is 4.79 Å². The predicted molar refractivity (Wildman–Crippen MR) is 103 cm³/mol. The van der Waals surface area contributed by atoms with Crippen molar-refractivity contribution in [3.05, 3.63) is 60.2 Å². The Morgan fingerprint density at radius 1 is 1.00 bits per heavy atom. The highest BCUT2D eigenvalue weighted by atomic mass is 16.5. The first-order chi connectivity index (χ1) is 12.3. The molecule has 2 N–H and O–H groups in total. The largest absolute Gasteiger partial charge is 0.492 e. The minimum Gasteiger partial charge on any atom is -0.492 e. The van der Waals surface area contributed by atoms with E-state index in [-0.39, 0.29) is 11.9 Å². The summed E-state index contributed by atoms with van der Waals surface area (Å²) in [4.78, 5) is 12.9. The van der Waals surface area contributed by atoms with Gasteiger partial charge in [0.05, 0.1) is 12.3 Å². The molecular weight excluding hydrogens is 312 g/mol. The van der Waals surface area contributed by atoms with Gasteiger partial charge in [0, 0.05) is 0 Å². The molecule has 0 aliphatic heterocycles. The molecule has 4 heteroatoms. The van der Waals surface area contributed by atoms with Gasteiger partial charge in [-0.2, -0.15) is 0 Å². The Labute approximate surface area is 150 Å². The highest BCUT2D eigenvalue weighted by molar-refractivity contribution is 5.96. The van der Waals surface area contributed by atoms with E-state index < -0.39 is 0 Å². The van der Waals surface area contributed by atoms with Crippen LogP contribution in [0.4, 0.5) is 5.69 Å². The number of amides is 1. The van der Waals surface area contributed by atoms with Crippen molar-refractivity contribution in [3.8, 4) is 5.75 Å². The van der Waals surface area contributed by atoms with Gasteiger partial charge in [-0.1, -0.05) is 62.2 Å². The molecule has 0 aliphatic carbocycles. The zero-order valence-corrected chi connectivity index (χ0v) is 15.1. The normalized spacial score (nSPS) is 11.8. The lowest BCUT2D eigenvalue weighted by Gasteiger charge is -2.20. The van der Waals surface area contributed by atoms with Crippen molar-refractivity contribution >= 4 is 11.6 Å². The smallest absolute Gasteiger partial charge is 0.246 e. The van der Waals surface area contributed by atoms with Crippen LogP contribution in [0.15, 0.2) is 54.6 Å². The zero-order chi connectivity index (χ0) is 17.9. The topological polar surface area (TPSA) is 50.4 Å². The van der Waals surface area contributed by atoms with Crippen LogP contribution in [0.1, 0.15) is 44.7 Å². The highest BCUT2D eigenvalue weighted by Gasteiger charge is 2.20. The van der Waals surface area contributed by atoms with Gasteiger partial charge in [0.15, 0.2) is 0 Å². The minimum absolute atomic E-state index is 0.0742. The minimum atomic E-state index is -0.382. The molecule has 0 heterocycles. The second kappa shape index (κ2) is 10.5. The summed E-state index contributed by atoms with van der Waals surface area (Å²) in [6.07, 6.45) is 3.37. The van der Waals surface area contributed by atoms with Crippen LogP contribution in [0.2, 0.25) is 0 Å². The van der Waals surface area contributed by atoms with E-state index in [1.807, 2.05) is 61.5 Å². The molecule has 0 fully saturated rings. The first kappa shape index (κ1) is 19.0. The second-order valence-corrected chi connectivity index (χ2v) is 5.92. The number of nitrogens with one attached hydrogen (secondary N) is 2. The molecule has 4 nitrogen and oxygen atoms in total. The Morgan fingerprint density at radius 3 is 2.44 bits per heavy atom. The summed E-state index contributed by atoms with van der Waals surface area (Å²) in [6.45, 7) is 5.48. The SMILES string of the molecule is CCCCCN[C@@H](C(=O)Nc1ccccc1OCC)c1ccccc1. The Bertz CT molecular complexity index is 643. The summed E-state index contributed by atoms with van der Waals surface area (Å²) in [5.74, 6) is 0.617. The van der Waals surface area contributed by atoms with Crippen molar-refractivity contribution in [2.45, 2.75) is 39.2 Å². The number of anilines is 1. The van der Waals surface area contributed by atoms with E-state index in [1.54, 1.807) is 0 Å². The molecule has 25 heavy (non-hydrogen) atoms. The summed E-state index contributed by atoms with van der Waals surface area (Å²) in [5.41, 5.74) is 1.66. The third-order valence-electron chi connectivity index (χ3n) is 3.97. The van der Waals surface area contributed by atoms with E-state index in [0.29, 0.717) is 18.0 Å². The van der Waals surface area contributed by atoms with Crippen LogP contribution in [0.25, 0.3) is 0 Å². The third kappa shape index (κ3) is 5.91. The number of unbranched alkanes of at least 4 members (excludes halogenated alkanes) is 2. The Balaban J connectivity index is 2.12. The number of benzene rings is 2. The van der Waals surface area contributed by atoms with Gasteiger partial charge < -0.3 is 15.4 Å². The van der Waals surface area contributed by atoms with Crippen LogP contribution >= 0.6 is 0 Å². The maximum Gasteiger partial charge on any atom is 0.246 e. The zero-order valence-electron chi connectivity index (χ0n) is 15.1. The first-order valence-corrected chi connectivity index (χ1v) is 9.07. The molecule has 2 rings (SSSR count). The lowest BCUT2D eigenvalue weighted by Crippen LogP contribution is -2.33. The summed E-state index contributed by atoms with van der Waals surface area (Å²) < 4.78 is 5.60. The third-order valence-corrected chi connectivity index (χ3v) is 3.97. The predicted octanol–water partition coefficient (Wildman–Crippen LogP) is 4.54. The van der Waals surface area contributed by atoms with Gasteiger partial charge in [-0.05, 0) is 37.6 Å². The van der Waals surface area contributed by atoms with E-state index in [4.69, 9.17) is 4.74 Å². The molecule has 134 valence electrons. The van der Waals surface area contributed by atoms with Gasteiger partial charge in [0.25, 0.3) is 0 Å². The Kier molecular flexibility index (Phi) is 7.99. The second-order valence-electron chi connectivity index (χ2n) is 5.92. The summed E-state index contributed by atoms with van der Waals surface area (Å²) in [6, 6.07) is 17.0. The van der Waals surface area contributed by atoms with Gasteiger partial charge in [-0.25, -0.2) is 0 Å². The average Bonchev–Trinajstić information content (AvgIpc) is 2.64. The lowest BCUT2D eigenvalue weighted by atomic mass is 10.1. The molecule has 0 radical (unpaired) electrons. The molecule has 1 atom stereocenters. The van der Waals surface area contributed by atoms with Gasteiger partial charge in [0.2, 0.25) is 5.91 Å². The van der Waals surface area contributed by atoms with Crippen LogP contribution < -0.4 is 15.4 Å². The average molecular weight is 340 g/mol. The van der Waals surface area contributed by atoms with Crippen molar-refractivity contribution in [2.75, 3.05) is 18.5 Å². The number of carbonyl (C=O) groups is 1. The molecule has 1 amide bonds. The van der Waals surface area contributed by atoms with Crippen molar-refractivity contribution in [2.24, 2.45) is 0 Å². The molecule has 0 aliphatic rings. The van der Waals surface area contributed by atoms with Crippen LogP contribution in [-0.4, -0.2) is 19.1 Å². The van der Waals surface area contributed by atoms with E-state index in [2.05, 4.69) is 17.6 Å². The fourth-order valence-corrected chi connectivity index (χ4v) is 2.68. The first-order valence-electron chi connectivity index (χ1n) is 9.07. The lowest BCUT2D eigenvalue weighted by molar-refractivity contribution is -0.118. The molecular formula is C21H28N2O2. The molecule has 0 saturated heterocycles. The molecule has 2 aromatic carbocycles. The standard InChI is InChI=1S/C21H28N2O2/c1-3-5-11-16-22-20(17-12-7-6-8-13-17)21(24)23-18-14-9-10-15-19(18)25-4-2/h6-10,12-15,20,22H,3-5,11,16H2,1-2H3,(H,23,24)/t20-/m1/s1. The van der Waals surface area contributed by atoms with Gasteiger partial charge in [-0.3, -0.25) is 4.79 Å². The van der Waals surface area contributed by atoms with Crippen molar-refractivity contribution in [1.29, 1.82) is 0 Å². The van der Waals surface area contributed by atoms with Crippen LogP contribution in [0, 0.1) is 0 Å². The molecule has 0 spiro atoms. The quantitative estimate of drug-likeness (QED) is 0.624. The van der Waals surface area contributed by atoms with Gasteiger partial charge in [0.1, 0.15) is 11.8 Å². The summed E-state index contributed by atoms with van der Waals surface area (Å²) in [7, 11) is 0. The maximum atomic E-state index is 12.9. The fourth-order valence-electron chi connectivity index (χ4n) is 2.68. The number of para-hydroxylation sites is 2. The molecule has 0 saturated carbocycles. The maximum absolute atomic E-state index is 12.9. The number of rotatable bonds is 10. The molecule has 0 unspecified atom stereocenters. The fraction of sp³-hybridized carbons (Fsp3) is 0.381. The van der Waals surface area contributed by atoms with Crippen molar-refractivity contribution in [1.82, 2.24) is 5.32 Å². The van der Waals surface area contributed by atoms with E-state index >= 15 is 0 Å². The van der Waals surface area contributed by atoms with Crippen LogP contribution in [0.3, 0.4) is 0 Å².